The van der Waals surface area contributed by atoms with Crippen LogP contribution >= 0.6 is 0 Å². The molecule has 0 saturated heterocycles. The van der Waals surface area contributed by atoms with Crippen LogP contribution in [-0.2, 0) is 9.53 Å². The molecule has 0 radical (unpaired) electrons. The van der Waals surface area contributed by atoms with E-state index in [1.807, 2.05) is 0 Å². The molecule has 5 nitrogen and oxygen atoms in total. The topological polar surface area (TPSA) is 53.0 Å². The number of nitrogens with zero attached hydrogens (tertiary/aromatic N) is 2. The van der Waals surface area contributed by atoms with E-state index in [1.165, 1.54) is 148 Å². The lowest BCUT2D eigenvalue weighted by Crippen LogP contribution is -2.36. The average molecular weight is 705 g/mol. The van der Waals surface area contributed by atoms with Crippen molar-refractivity contribution in [2.45, 2.75) is 214 Å². The third-order valence-corrected chi connectivity index (χ3v) is 10.2. The molecule has 0 saturated carbocycles. The van der Waals surface area contributed by atoms with Gasteiger partial charge in [-0.2, -0.15) is 0 Å². The van der Waals surface area contributed by atoms with Crippen molar-refractivity contribution in [1.29, 1.82) is 0 Å². The standard InChI is InChI=1S/C45H88N2O3/c1-5-8-11-14-17-18-19-20-21-22-23-24-25-26-29-34-39-47(40-42-48)44(4)35-30-31-36-45(49)50-43-41-46(37-32-27-15-12-9-6-2)38-33-28-16-13-10-7-3/h17-18,20-21,44,48H,5-16,19,22-43H2,1-4H3/b18-17-,21-20-. The van der Waals surface area contributed by atoms with Crippen LogP contribution in [-0.4, -0.2) is 72.9 Å². The van der Waals surface area contributed by atoms with Gasteiger partial charge in [-0.25, -0.2) is 0 Å². The third kappa shape index (κ3) is 35.2. The molecule has 0 aliphatic carbocycles. The summed E-state index contributed by atoms with van der Waals surface area (Å²) in [6.07, 6.45) is 44.0. The molecule has 0 aromatic heterocycles. The van der Waals surface area contributed by atoms with Crippen molar-refractivity contribution in [3.8, 4) is 0 Å². The summed E-state index contributed by atoms with van der Waals surface area (Å²) in [6, 6.07) is 0.439. The molecule has 0 aliphatic heterocycles. The van der Waals surface area contributed by atoms with Crippen LogP contribution in [0, 0.1) is 0 Å². The molecule has 5 heteroatoms. The molecule has 1 N–H and O–H groups in total. The second-order valence-corrected chi connectivity index (χ2v) is 15.0. The van der Waals surface area contributed by atoms with Gasteiger partial charge in [-0.05, 0) is 90.8 Å². The summed E-state index contributed by atoms with van der Waals surface area (Å²) in [4.78, 5) is 17.5. The fraction of sp³-hybridized carbons (Fsp3) is 0.889. The van der Waals surface area contributed by atoms with Crippen LogP contribution in [0.2, 0.25) is 0 Å². The smallest absolute Gasteiger partial charge is 0.305 e. The number of hydrogen-bond donors (Lipinski definition) is 1. The highest BCUT2D eigenvalue weighted by molar-refractivity contribution is 5.69. The fourth-order valence-electron chi connectivity index (χ4n) is 6.80. The van der Waals surface area contributed by atoms with Crippen LogP contribution in [0.4, 0.5) is 0 Å². The summed E-state index contributed by atoms with van der Waals surface area (Å²) in [6.45, 7) is 14.8. The molecular formula is C45H88N2O3. The molecule has 296 valence electrons. The number of unbranched alkanes of at least 4 members (excludes halogenated alkanes) is 20. The van der Waals surface area contributed by atoms with Crippen LogP contribution in [0.15, 0.2) is 24.3 Å². The molecule has 0 bridgehead atoms. The van der Waals surface area contributed by atoms with Gasteiger partial charge in [-0.3, -0.25) is 14.6 Å². The van der Waals surface area contributed by atoms with Crippen molar-refractivity contribution in [2.75, 3.05) is 45.9 Å². The summed E-state index contributed by atoms with van der Waals surface area (Å²) in [5, 5.41) is 9.65. The number of ether oxygens (including phenoxy) is 1. The first kappa shape index (κ1) is 48.8. The van der Waals surface area contributed by atoms with E-state index in [2.05, 4.69) is 61.8 Å². The summed E-state index contributed by atoms with van der Waals surface area (Å²) >= 11 is 0. The number of aliphatic hydroxyl groups excluding tert-OH is 1. The molecule has 50 heavy (non-hydrogen) atoms. The van der Waals surface area contributed by atoms with Gasteiger partial charge >= 0.3 is 5.97 Å². The molecule has 0 heterocycles. The molecule has 0 aromatic rings. The zero-order valence-electron chi connectivity index (χ0n) is 34.3. The van der Waals surface area contributed by atoms with Crippen molar-refractivity contribution in [2.24, 2.45) is 0 Å². The number of carbonyl (C=O) groups is 1. The van der Waals surface area contributed by atoms with E-state index >= 15 is 0 Å². The van der Waals surface area contributed by atoms with Crippen molar-refractivity contribution in [1.82, 2.24) is 9.80 Å². The van der Waals surface area contributed by atoms with Crippen molar-refractivity contribution >= 4 is 5.97 Å². The van der Waals surface area contributed by atoms with Gasteiger partial charge in [0.15, 0.2) is 0 Å². The van der Waals surface area contributed by atoms with Gasteiger partial charge in [0.25, 0.3) is 0 Å². The Morgan fingerprint density at radius 1 is 0.560 bits per heavy atom. The Labute approximate surface area is 313 Å². The predicted molar refractivity (Wildman–Crippen MR) is 220 cm³/mol. The van der Waals surface area contributed by atoms with E-state index < -0.39 is 0 Å². The Morgan fingerprint density at radius 3 is 1.60 bits per heavy atom. The maximum absolute atomic E-state index is 12.5. The fourth-order valence-corrected chi connectivity index (χ4v) is 6.80. The van der Waals surface area contributed by atoms with E-state index in [0.29, 0.717) is 19.1 Å². The summed E-state index contributed by atoms with van der Waals surface area (Å²) in [5.74, 6) is -0.0368. The number of allylic oxidation sites excluding steroid dienone is 4. The van der Waals surface area contributed by atoms with Gasteiger partial charge in [0.2, 0.25) is 0 Å². The zero-order chi connectivity index (χ0) is 36.6. The van der Waals surface area contributed by atoms with E-state index in [9.17, 15) is 9.90 Å². The second kappa shape index (κ2) is 40.6. The number of esters is 1. The lowest BCUT2D eigenvalue weighted by molar-refractivity contribution is -0.144. The Kier molecular flexibility index (Phi) is 39.6. The Morgan fingerprint density at radius 2 is 1.04 bits per heavy atom. The molecule has 0 fully saturated rings. The van der Waals surface area contributed by atoms with E-state index in [1.54, 1.807) is 0 Å². The second-order valence-electron chi connectivity index (χ2n) is 15.0. The highest BCUT2D eigenvalue weighted by atomic mass is 16.5. The van der Waals surface area contributed by atoms with Crippen LogP contribution in [0.25, 0.3) is 0 Å². The predicted octanol–water partition coefficient (Wildman–Crippen LogP) is 12.6. The molecule has 0 amide bonds. The first-order valence-electron chi connectivity index (χ1n) is 22.1. The normalized spacial score (nSPS) is 12.7. The van der Waals surface area contributed by atoms with Gasteiger partial charge in [-0.1, -0.05) is 154 Å². The summed E-state index contributed by atoms with van der Waals surface area (Å²) in [7, 11) is 0. The summed E-state index contributed by atoms with van der Waals surface area (Å²) in [5.41, 5.74) is 0. The lowest BCUT2D eigenvalue weighted by Gasteiger charge is -2.28. The summed E-state index contributed by atoms with van der Waals surface area (Å²) < 4.78 is 5.69. The van der Waals surface area contributed by atoms with Gasteiger partial charge in [-0.15, -0.1) is 0 Å². The molecule has 0 aromatic carbocycles. The van der Waals surface area contributed by atoms with Gasteiger partial charge in [0.05, 0.1) is 6.61 Å². The molecule has 1 unspecified atom stereocenters. The zero-order valence-corrected chi connectivity index (χ0v) is 34.3. The Balaban J connectivity index is 4.07. The molecule has 0 rings (SSSR count). The highest BCUT2D eigenvalue weighted by Crippen LogP contribution is 2.14. The Hall–Kier alpha value is -1.17. The van der Waals surface area contributed by atoms with E-state index in [4.69, 9.17) is 4.74 Å². The minimum absolute atomic E-state index is 0.0368. The maximum atomic E-state index is 12.5. The minimum atomic E-state index is -0.0368. The van der Waals surface area contributed by atoms with Gasteiger partial charge in [0, 0.05) is 25.6 Å². The van der Waals surface area contributed by atoms with Gasteiger partial charge in [0.1, 0.15) is 6.61 Å². The van der Waals surface area contributed by atoms with Crippen LogP contribution < -0.4 is 0 Å². The number of carbonyl (C=O) groups excluding carboxylic acids is 1. The van der Waals surface area contributed by atoms with Crippen LogP contribution in [0.1, 0.15) is 207 Å². The monoisotopic (exact) mass is 705 g/mol. The first-order chi connectivity index (χ1) is 24.6. The van der Waals surface area contributed by atoms with Gasteiger partial charge < -0.3 is 9.84 Å². The third-order valence-electron chi connectivity index (χ3n) is 10.2. The maximum Gasteiger partial charge on any atom is 0.305 e. The van der Waals surface area contributed by atoms with E-state index in [0.717, 1.165) is 58.4 Å². The van der Waals surface area contributed by atoms with Crippen LogP contribution in [0.3, 0.4) is 0 Å². The first-order valence-corrected chi connectivity index (χ1v) is 22.1. The molecule has 0 spiro atoms. The number of rotatable bonds is 40. The SMILES string of the molecule is CCCCC/C=C\C/C=C\CCCCCCCCN(CCO)C(C)CCCCC(=O)OCCN(CCCCCCCC)CCCCCCCC. The number of aliphatic hydroxyl groups is 1. The number of hydrogen-bond acceptors (Lipinski definition) is 5. The molecular weight excluding hydrogens is 617 g/mol. The van der Waals surface area contributed by atoms with Crippen molar-refractivity contribution in [3.63, 3.8) is 0 Å². The average Bonchev–Trinajstić information content (AvgIpc) is 3.11. The molecule has 0 aliphatic rings. The Bertz CT molecular complexity index is 724. The van der Waals surface area contributed by atoms with Crippen molar-refractivity contribution in [3.05, 3.63) is 24.3 Å². The highest BCUT2D eigenvalue weighted by Gasteiger charge is 2.14. The van der Waals surface area contributed by atoms with Crippen molar-refractivity contribution < 1.29 is 14.6 Å². The van der Waals surface area contributed by atoms with Crippen LogP contribution in [0.5, 0.6) is 0 Å². The lowest BCUT2D eigenvalue weighted by atomic mass is 10.1. The van der Waals surface area contributed by atoms with E-state index in [-0.39, 0.29) is 12.6 Å². The minimum Gasteiger partial charge on any atom is -0.464 e. The quantitative estimate of drug-likeness (QED) is 0.0391. The largest absolute Gasteiger partial charge is 0.464 e. The molecule has 1 atom stereocenters.